The summed E-state index contributed by atoms with van der Waals surface area (Å²) in [6.07, 6.45) is 0. The van der Waals surface area contributed by atoms with Gasteiger partial charge in [0.05, 0.1) is 14.2 Å². The van der Waals surface area contributed by atoms with E-state index >= 15 is 0 Å². The Morgan fingerprint density at radius 2 is 1.44 bits per heavy atom. The maximum absolute atomic E-state index is 5.31. The maximum Gasteiger partial charge on any atom is 0.162 e. The average Bonchev–Trinajstić information content (AvgIpc) is 2.46. The van der Waals surface area contributed by atoms with Crippen LogP contribution in [0.5, 0.6) is 11.5 Å². The monoisotopic (exact) mass is 243 g/mol. The van der Waals surface area contributed by atoms with Gasteiger partial charge in [-0.25, -0.2) is 0 Å². The number of methoxy groups -OCH3 is 2. The van der Waals surface area contributed by atoms with E-state index in [1.807, 2.05) is 43.4 Å². The van der Waals surface area contributed by atoms with Gasteiger partial charge in [0.1, 0.15) is 0 Å². The fourth-order valence-electron chi connectivity index (χ4n) is 1.83. The summed E-state index contributed by atoms with van der Waals surface area (Å²) in [4.78, 5) is 2.10. The van der Waals surface area contributed by atoms with Crippen LogP contribution in [0.2, 0.25) is 0 Å². The van der Waals surface area contributed by atoms with Crippen LogP contribution in [-0.4, -0.2) is 21.3 Å². The van der Waals surface area contributed by atoms with Gasteiger partial charge in [-0.1, -0.05) is 18.2 Å². The topological polar surface area (TPSA) is 21.7 Å². The third-order valence-corrected chi connectivity index (χ3v) is 2.90. The van der Waals surface area contributed by atoms with Crippen molar-refractivity contribution in [2.45, 2.75) is 0 Å². The predicted octanol–water partition coefficient (Wildman–Crippen LogP) is 3.47. The van der Waals surface area contributed by atoms with E-state index in [1.165, 1.54) is 0 Å². The molecule has 3 heteroatoms. The number of para-hydroxylation sites is 1. The van der Waals surface area contributed by atoms with Gasteiger partial charge in [-0.05, 0) is 24.3 Å². The van der Waals surface area contributed by atoms with Crippen LogP contribution in [0, 0.1) is 0 Å². The lowest BCUT2D eigenvalue weighted by atomic mass is 10.2. The molecule has 0 N–H and O–H groups in total. The average molecular weight is 243 g/mol. The molecule has 0 amide bonds. The second-order valence-electron chi connectivity index (χ2n) is 3.93. The maximum atomic E-state index is 5.31. The van der Waals surface area contributed by atoms with Crippen LogP contribution in [0.15, 0.2) is 48.5 Å². The summed E-state index contributed by atoms with van der Waals surface area (Å²) >= 11 is 0. The number of rotatable bonds is 4. The highest BCUT2D eigenvalue weighted by Crippen LogP contribution is 2.33. The Balaban J connectivity index is 2.34. The first kappa shape index (κ1) is 12.3. The van der Waals surface area contributed by atoms with Crippen molar-refractivity contribution >= 4 is 11.4 Å². The Bertz CT molecular complexity index is 511. The summed E-state index contributed by atoms with van der Waals surface area (Å²) in [7, 11) is 5.30. The normalized spacial score (nSPS) is 9.94. The van der Waals surface area contributed by atoms with Crippen LogP contribution in [0.4, 0.5) is 11.4 Å². The van der Waals surface area contributed by atoms with Crippen molar-refractivity contribution in [3.05, 3.63) is 48.5 Å². The molecule has 0 atom stereocenters. The molecule has 0 aliphatic heterocycles. The number of anilines is 2. The molecular formula is C15H17NO2. The van der Waals surface area contributed by atoms with E-state index < -0.39 is 0 Å². The van der Waals surface area contributed by atoms with Gasteiger partial charge >= 0.3 is 0 Å². The van der Waals surface area contributed by atoms with Crippen LogP contribution in [0.1, 0.15) is 0 Å². The molecule has 0 heterocycles. The molecule has 18 heavy (non-hydrogen) atoms. The minimum absolute atomic E-state index is 0.734. The number of ether oxygens (including phenoxy) is 2. The molecule has 2 aromatic carbocycles. The first-order valence-electron chi connectivity index (χ1n) is 5.77. The highest BCUT2D eigenvalue weighted by molar-refractivity contribution is 5.65. The van der Waals surface area contributed by atoms with E-state index in [0.717, 1.165) is 22.9 Å². The molecule has 0 aliphatic rings. The predicted molar refractivity (Wildman–Crippen MR) is 74.1 cm³/mol. The van der Waals surface area contributed by atoms with Gasteiger partial charge in [0.2, 0.25) is 0 Å². The molecule has 0 saturated carbocycles. The number of hydrogen-bond acceptors (Lipinski definition) is 3. The van der Waals surface area contributed by atoms with Crippen LogP contribution in [-0.2, 0) is 0 Å². The molecule has 94 valence electrons. The van der Waals surface area contributed by atoms with Crippen molar-refractivity contribution in [2.24, 2.45) is 0 Å². The van der Waals surface area contributed by atoms with Gasteiger partial charge in [-0.3, -0.25) is 0 Å². The van der Waals surface area contributed by atoms with Crippen LogP contribution in [0.25, 0.3) is 0 Å². The lowest BCUT2D eigenvalue weighted by Crippen LogP contribution is -2.09. The summed E-state index contributed by atoms with van der Waals surface area (Å²) in [6.45, 7) is 0. The molecule has 0 bridgehead atoms. The van der Waals surface area contributed by atoms with E-state index in [0.29, 0.717) is 0 Å². The van der Waals surface area contributed by atoms with Gasteiger partial charge in [0, 0.05) is 24.5 Å². The van der Waals surface area contributed by atoms with Crippen molar-refractivity contribution in [3.63, 3.8) is 0 Å². The second-order valence-corrected chi connectivity index (χ2v) is 3.93. The van der Waals surface area contributed by atoms with E-state index in [4.69, 9.17) is 9.47 Å². The molecule has 0 radical (unpaired) electrons. The van der Waals surface area contributed by atoms with E-state index in [9.17, 15) is 0 Å². The minimum atomic E-state index is 0.734. The van der Waals surface area contributed by atoms with Crippen LogP contribution in [0.3, 0.4) is 0 Å². The number of nitrogens with zero attached hydrogens (tertiary/aromatic N) is 1. The van der Waals surface area contributed by atoms with Crippen molar-refractivity contribution in [3.8, 4) is 11.5 Å². The Labute approximate surface area is 108 Å². The molecule has 2 rings (SSSR count). The van der Waals surface area contributed by atoms with Gasteiger partial charge in [-0.2, -0.15) is 0 Å². The molecule has 0 spiro atoms. The van der Waals surface area contributed by atoms with Crippen molar-refractivity contribution in [1.29, 1.82) is 0 Å². The van der Waals surface area contributed by atoms with Gasteiger partial charge < -0.3 is 14.4 Å². The zero-order valence-corrected chi connectivity index (χ0v) is 10.9. The number of hydrogen-bond donors (Lipinski definition) is 0. The van der Waals surface area contributed by atoms with E-state index in [2.05, 4.69) is 17.0 Å². The lowest BCUT2D eigenvalue weighted by Gasteiger charge is -2.20. The summed E-state index contributed by atoms with van der Waals surface area (Å²) in [5, 5.41) is 0. The third kappa shape index (κ3) is 2.40. The standard InChI is InChI=1S/C15H17NO2/c1-16(12-7-5-4-6-8-12)13-9-10-14(17-2)15(11-13)18-3/h4-11H,1-3H3. The SMILES string of the molecule is COc1ccc(N(C)c2ccccc2)cc1OC. The molecule has 2 aromatic rings. The molecule has 0 unspecified atom stereocenters. The Morgan fingerprint density at radius 1 is 0.778 bits per heavy atom. The van der Waals surface area contributed by atoms with E-state index in [1.54, 1.807) is 14.2 Å². The quantitative estimate of drug-likeness (QED) is 0.820. The van der Waals surface area contributed by atoms with Gasteiger partial charge in [-0.15, -0.1) is 0 Å². The second kappa shape index (κ2) is 5.45. The first-order valence-corrected chi connectivity index (χ1v) is 5.77. The molecule has 3 nitrogen and oxygen atoms in total. The first-order chi connectivity index (χ1) is 8.76. The Kier molecular flexibility index (Phi) is 3.72. The lowest BCUT2D eigenvalue weighted by molar-refractivity contribution is 0.355. The van der Waals surface area contributed by atoms with E-state index in [-0.39, 0.29) is 0 Å². The smallest absolute Gasteiger partial charge is 0.162 e. The van der Waals surface area contributed by atoms with Crippen LogP contribution >= 0.6 is 0 Å². The molecule has 0 aliphatic carbocycles. The molecule has 0 aromatic heterocycles. The molecule has 0 fully saturated rings. The Morgan fingerprint density at radius 3 is 2.06 bits per heavy atom. The summed E-state index contributed by atoms with van der Waals surface area (Å²) in [5.74, 6) is 1.47. The third-order valence-electron chi connectivity index (χ3n) is 2.90. The largest absolute Gasteiger partial charge is 0.493 e. The number of benzene rings is 2. The van der Waals surface area contributed by atoms with Crippen molar-refractivity contribution < 1.29 is 9.47 Å². The Hall–Kier alpha value is -2.16. The highest BCUT2D eigenvalue weighted by Gasteiger charge is 2.08. The fraction of sp³-hybridized carbons (Fsp3) is 0.200. The molecular weight excluding hydrogens is 226 g/mol. The highest BCUT2D eigenvalue weighted by atomic mass is 16.5. The summed E-state index contributed by atoms with van der Waals surface area (Å²) in [5.41, 5.74) is 2.18. The van der Waals surface area contributed by atoms with Crippen molar-refractivity contribution in [2.75, 3.05) is 26.2 Å². The zero-order chi connectivity index (χ0) is 13.0. The summed E-state index contributed by atoms with van der Waals surface area (Å²) in [6, 6.07) is 16.1. The van der Waals surface area contributed by atoms with Crippen LogP contribution < -0.4 is 14.4 Å². The van der Waals surface area contributed by atoms with Gasteiger partial charge in [0.15, 0.2) is 11.5 Å². The summed E-state index contributed by atoms with van der Waals surface area (Å²) < 4.78 is 10.5. The zero-order valence-electron chi connectivity index (χ0n) is 10.9. The van der Waals surface area contributed by atoms with Crippen molar-refractivity contribution in [1.82, 2.24) is 0 Å². The minimum Gasteiger partial charge on any atom is -0.493 e. The fourth-order valence-corrected chi connectivity index (χ4v) is 1.83. The van der Waals surface area contributed by atoms with Gasteiger partial charge in [0.25, 0.3) is 0 Å². The molecule has 0 saturated heterocycles.